The molecule has 0 aliphatic heterocycles. The van der Waals surface area contributed by atoms with Crippen molar-refractivity contribution in [2.45, 2.75) is 46.5 Å². The van der Waals surface area contributed by atoms with Crippen LogP contribution in [0.2, 0.25) is 0 Å². The number of carbonyl (C=O) groups is 1. The molecule has 0 unspecified atom stereocenters. The maximum atomic E-state index is 12.9. The first-order valence-electron chi connectivity index (χ1n) is 11.9. The molecule has 0 bridgehead atoms. The van der Waals surface area contributed by atoms with E-state index < -0.39 is 0 Å². The molecule has 4 aromatic rings. The molecule has 0 saturated heterocycles. The molecule has 6 nitrogen and oxygen atoms in total. The molecule has 180 valence electrons. The van der Waals surface area contributed by atoms with Crippen LogP contribution in [0.1, 0.15) is 40.0 Å². The Morgan fingerprint density at radius 1 is 1.03 bits per heavy atom. The van der Waals surface area contributed by atoms with Crippen molar-refractivity contribution in [3.8, 4) is 23.0 Å². The summed E-state index contributed by atoms with van der Waals surface area (Å²) in [6.45, 7) is 5.94. The molecule has 35 heavy (non-hydrogen) atoms. The van der Waals surface area contributed by atoms with Gasteiger partial charge in [-0.15, -0.1) is 11.3 Å². The zero-order valence-electron chi connectivity index (χ0n) is 20.5. The number of benzene rings is 2. The molecule has 1 aliphatic carbocycles. The van der Waals surface area contributed by atoms with Gasteiger partial charge in [-0.2, -0.15) is 4.98 Å². The number of nitrogens with one attached hydrogen (secondary N) is 1. The van der Waals surface area contributed by atoms with Crippen LogP contribution in [0.25, 0.3) is 21.6 Å². The number of rotatable bonds is 6. The van der Waals surface area contributed by atoms with Crippen molar-refractivity contribution in [1.82, 2.24) is 9.97 Å². The van der Waals surface area contributed by atoms with E-state index in [1.54, 1.807) is 18.4 Å². The van der Waals surface area contributed by atoms with E-state index in [9.17, 15) is 4.79 Å². The highest BCUT2D eigenvalue weighted by Gasteiger charge is 2.23. The number of hydrogen-bond donors (Lipinski definition) is 1. The Morgan fingerprint density at radius 2 is 1.74 bits per heavy atom. The standard InChI is InChI=1S/C28H29N3O3S/c1-16-13-17(2)25(18(3)14-16)29-23(32)15-34-27-24-21-7-5-6-8-22(21)35-28(24)31-26(30-27)19-9-11-20(33-4)12-10-19/h9-14H,5-8,15H2,1-4H3,(H,29,32). The number of carbonyl (C=O) groups excluding carboxylic acids is 1. The van der Waals surface area contributed by atoms with E-state index >= 15 is 0 Å². The summed E-state index contributed by atoms with van der Waals surface area (Å²) < 4.78 is 11.4. The summed E-state index contributed by atoms with van der Waals surface area (Å²) in [5.41, 5.74) is 6.23. The molecule has 0 atom stereocenters. The molecule has 2 heterocycles. The van der Waals surface area contributed by atoms with Crippen LogP contribution in [0, 0.1) is 20.8 Å². The summed E-state index contributed by atoms with van der Waals surface area (Å²) in [5.74, 6) is 1.63. The number of hydrogen-bond acceptors (Lipinski definition) is 6. The monoisotopic (exact) mass is 487 g/mol. The lowest BCUT2D eigenvalue weighted by Gasteiger charge is -2.15. The van der Waals surface area contributed by atoms with Crippen LogP contribution in [0.3, 0.4) is 0 Å². The molecule has 0 fully saturated rings. The van der Waals surface area contributed by atoms with Gasteiger partial charge < -0.3 is 14.8 Å². The van der Waals surface area contributed by atoms with Gasteiger partial charge in [0, 0.05) is 16.1 Å². The van der Waals surface area contributed by atoms with Crippen molar-refractivity contribution in [1.29, 1.82) is 0 Å². The molecular formula is C28H29N3O3S. The van der Waals surface area contributed by atoms with Crippen molar-refractivity contribution in [2.75, 3.05) is 19.0 Å². The number of thiophene rings is 1. The van der Waals surface area contributed by atoms with Crippen molar-refractivity contribution in [2.24, 2.45) is 0 Å². The van der Waals surface area contributed by atoms with E-state index in [2.05, 4.69) is 24.4 Å². The van der Waals surface area contributed by atoms with E-state index in [0.29, 0.717) is 11.7 Å². The Hall–Kier alpha value is -3.45. The normalized spacial score (nSPS) is 12.9. The van der Waals surface area contributed by atoms with Gasteiger partial charge in [-0.1, -0.05) is 17.7 Å². The van der Waals surface area contributed by atoms with Crippen LogP contribution < -0.4 is 14.8 Å². The second kappa shape index (κ2) is 9.66. The van der Waals surface area contributed by atoms with Crippen LogP contribution in [-0.4, -0.2) is 29.6 Å². The average molecular weight is 488 g/mol. The number of anilines is 1. The van der Waals surface area contributed by atoms with Gasteiger partial charge in [-0.05, 0) is 87.4 Å². The minimum atomic E-state index is -0.207. The van der Waals surface area contributed by atoms with Gasteiger partial charge in [0.15, 0.2) is 12.4 Å². The molecule has 1 N–H and O–H groups in total. The molecule has 7 heteroatoms. The van der Waals surface area contributed by atoms with Crippen molar-refractivity contribution < 1.29 is 14.3 Å². The Balaban J connectivity index is 1.46. The van der Waals surface area contributed by atoms with E-state index in [0.717, 1.165) is 57.6 Å². The topological polar surface area (TPSA) is 73.3 Å². The fraction of sp³-hybridized carbons (Fsp3) is 0.321. The van der Waals surface area contributed by atoms with Crippen LogP contribution >= 0.6 is 11.3 Å². The highest BCUT2D eigenvalue weighted by atomic mass is 32.1. The summed E-state index contributed by atoms with van der Waals surface area (Å²) in [6.07, 6.45) is 4.38. The van der Waals surface area contributed by atoms with E-state index in [1.165, 1.54) is 22.4 Å². The number of nitrogens with zero attached hydrogens (tertiary/aromatic N) is 2. The summed E-state index contributed by atoms with van der Waals surface area (Å²) in [4.78, 5) is 24.8. The Bertz CT molecular complexity index is 1390. The zero-order chi connectivity index (χ0) is 24.5. The minimum absolute atomic E-state index is 0.120. The third kappa shape index (κ3) is 4.73. The molecule has 1 amide bonds. The lowest BCUT2D eigenvalue weighted by atomic mass is 9.97. The number of methoxy groups -OCH3 is 1. The largest absolute Gasteiger partial charge is 0.497 e. The summed E-state index contributed by atoms with van der Waals surface area (Å²) in [7, 11) is 1.64. The van der Waals surface area contributed by atoms with Gasteiger partial charge in [-0.3, -0.25) is 4.79 Å². The third-order valence-electron chi connectivity index (χ3n) is 6.41. The van der Waals surface area contributed by atoms with E-state index in [-0.39, 0.29) is 12.5 Å². The second-order valence-electron chi connectivity index (χ2n) is 9.08. The molecular weight excluding hydrogens is 458 g/mol. The third-order valence-corrected chi connectivity index (χ3v) is 7.60. The van der Waals surface area contributed by atoms with Gasteiger partial charge in [0.05, 0.1) is 12.5 Å². The lowest BCUT2D eigenvalue weighted by Crippen LogP contribution is -2.22. The Kier molecular flexibility index (Phi) is 6.43. The van der Waals surface area contributed by atoms with E-state index in [4.69, 9.17) is 19.4 Å². The summed E-state index contributed by atoms with van der Waals surface area (Å²) in [5, 5.41) is 3.98. The first kappa shape index (κ1) is 23.3. The molecule has 2 aromatic carbocycles. The van der Waals surface area contributed by atoms with Gasteiger partial charge in [-0.25, -0.2) is 4.98 Å². The van der Waals surface area contributed by atoms with Gasteiger partial charge >= 0.3 is 0 Å². The minimum Gasteiger partial charge on any atom is -0.497 e. The first-order chi connectivity index (χ1) is 16.9. The average Bonchev–Trinajstić information content (AvgIpc) is 3.23. The SMILES string of the molecule is COc1ccc(-c2nc(OCC(=O)Nc3c(C)cc(C)cc3C)c3c4c(sc3n2)CCCC4)cc1. The van der Waals surface area contributed by atoms with Crippen molar-refractivity contribution >= 4 is 33.1 Å². The highest BCUT2D eigenvalue weighted by molar-refractivity contribution is 7.18. The molecule has 0 radical (unpaired) electrons. The van der Waals surface area contributed by atoms with E-state index in [1.807, 2.05) is 38.1 Å². The van der Waals surface area contributed by atoms with Crippen LogP contribution in [0.15, 0.2) is 36.4 Å². The van der Waals surface area contributed by atoms with Gasteiger partial charge in [0.1, 0.15) is 10.6 Å². The van der Waals surface area contributed by atoms with Crippen molar-refractivity contribution in [3.63, 3.8) is 0 Å². The molecule has 1 aliphatic rings. The maximum Gasteiger partial charge on any atom is 0.262 e. The first-order valence-corrected chi connectivity index (χ1v) is 12.7. The fourth-order valence-corrected chi connectivity index (χ4v) is 6.04. The Labute approximate surface area is 209 Å². The zero-order valence-corrected chi connectivity index (χ0v) is 21.3. The maximum absolute atomic E-state index is 12.9. The van der Waals surface area contributed by atoms with Crippen LogP contribution in [0.5, 0.6) is 11.6 Å². The number of fused-ring (bicyclic) bond motifs is 3. The molecule has 5 rings (SSSR count). The summed E-state index contributed by atoms with van der Waals surface area (Å²) >= 11 is 1.72. The lowest BCUT2D eigenvalue weighted by molar-refractivity contribution is -0.118. The fourth-order valence-electron chi connectivity index (χ4n) is 4.78. The summed E-state index contributed by atoms with van der Waals surface area (Å²) in [6, 6.07) is 11.8. The molecule has 0 saturated carbocycles. The molecule has 2 aromatic heterocycles. The number of aromatic nitrogens is 2. The van der Waals surface area contributed by atoms with Gasteiger partial charge in [0.25, 0.3) is 5.91 Å². The Morgan fingerprint density at radius 3 is 2.46 bits per heavy atom. The number of ether oxygens (including phenoxy) is 2. The van der Waals surface area contributed by atoms with Gasteiger partial charge in [0.2, 0.25) is 5.88 Å². The van der Waals surface area contributed by atoms with Crippen molar-refractivity contribution in [3.05, 3.63) is 63.5 Å². The smallest absolute Gasteiger partial charge is 0.262 e. The van der Waals surface area contributed by atoms with Crippen LogP contribution in [-0.2, 0) is 17.6 Å². The number of aryl methyl sites for hydroxylation is 5. The molecule has 0 spiro atoms. The predicted molar refractivity (Wildman–Crippen MR) is 141 cm³/mol. The highest BCUT2D eigenvalue weighted by Crippen LogP contribution is 2.40. The predicted octanol–water partition coefficient (Wildman–Crippen LogP) is 6.19. The second-order valence-corrected chi connectivity index (χ2v) is 10.2. The quantitative estimate of drug-likeness (QED) is 0.351. The number of amides is 1. The van der Waals surface area contributed by atoms with Crippen LogP contribution in [0.4, 0.5) is 5.69 Å².